The largest absolute Gasteiger partial charge is 0.495 e. The second-order valence-corrected chi connectivity index (χ2v) is 27.0. The van der Waals surface area contributed by atoms with E-state index in [1.54, 1.807) is 13.8 Å². The highest BCUT2D eigenvalue weighted by Gasteiger charge is 2.29. The number of thiazole rings is 1. The Bertz CT molecular complexity index is 4710. The molecule has 36 heteroatoms. The van der Waals surface area contributed by atoms with Gasteiger partial charge in [0.05, 0.1) is 64.0 Å². The Morgan fingerprint density at radius 1 is 0.695 bits per heavy atom. The zero-order valence-corrected chi connectivity index (χ0v) is 48.2. The Kier molecular flexibility index (Phi) is 17.2. The number of nitriles is 1. The SMILES string of the molecule is COc1ccc2c(nc3c(C#N)c(C)c(N=Nc4cc(C)c(N=Nc5cc(C)c(N=Nc6nc7c(S(=O)(=O)O)cc8c(CO)cc(S(=O)(=O)O)cc8c7s6)cc5SCCCS(=O)(=O)O)cc4OCCCS(=O)(=O)O)c(O)n32)c1S(=O)(=O)O. The summed E-state index contributed by atoms with van der Waals surface area (Å²) in [5, 5.41) is 57.8. The molecule has 29 nitrogen and oxygen atoms in total. The van der Waals surface area contributed by atoms with Crippen molar-refractivity contribution in [3.05, 3.63) is 82.4 Å². The van der Waals surface area contributed by atoms with Crippen LogP contribution in [0.5, 0.6) is 17.4 Å². The average molecular weight is 1260 g/mol. The third-order valence-electron chi connectivity index (χ3n) is 12.0. The molecule has 432 valence electrons. The Morgan fingerprint density at radius 3 is 1.95 bits per heavy atom. The summed E-state index contributed by atoms with van der Waals surface area (Å²) < 4.78 is 182. The van der Waals surface area contributed by atoms with Gasteiger partial charge in [-0.15, -0.1) is 37.3 Å². The number of rotatable bonds is 21. The number of azo groups is 3. The van der Waals surface area contributed by atoms with Crippen LogP contribution in [0.4, 0.5) is 33.6 Å². The normalized spacial score (nSPS) is 13.0. The van der Waals surface area contributed by atoms with E-state index in [4.69, 9.17) is 9.47 Å². The fraction of sp³-hybridized carbons (Fsp3) is 0.239. The zero-order chi connectivity index (χ0) is 60.0. The van der Waals surface area contributed by atoms with Gasteiger partial charge < -0.3 is 19.7 Å². The van der Waals surface area contributed by atoms with E-state index in [-0.39, 0.29) is 125 Å². The molecule has 0 spiro atoms. The number of thioether (sulfide) groups is 1. The number of fused-ring (bicyclic) bond motifs is 6. The summed E-state index contributed by atoms with van der Waals surface area (Å²) in [5.74, 6) is -2.19. The summed E-state index contributed by atoms with van der Waals surface area (Å²) in [6, 6.07) is 13.3. The minimum absolute atomic E-state index is 0.00660. The molecule has 7 N–H and O–H groups in total. The van der Waals surface area contributed by atoms with Gasteiger partial charge in [-0.05, 0) is 110 Å². The van der Waals surface area contributed by atoms with Gasteiger partial charge in [-0.1, -0.05) is 11.3 Å². The van der Waals surface area contributed by atoms with Crippen LogP contribution in [0.3, 0.4) is 0 Å². The van der Waals surface area contributed by atoms with Crippen LogP contribution in [0.15, 0.2) is 105 Å². The van der Waals surface area contributed by atoms with Gasteiger partial charge in [0.15, 0.2) is 16.2 Å². The third kappa shape index (κ3) is 13.2. The number of methoxy groups -OCH3 is 1. The molecule has 0 aliphatic carbocycles. The number of nitrogens with zero attached hydrogens (tertiary/aromatic N) is 10. The van der Waals surface area contributed by atoms with E-state index in [9.17, 15) is 80.3 Å². The molecule has 0 bridgehead atoms. The molecule has 3 heterocycles. The number of benzene rings is 5. The van der Waals surface area contributed by atoms with Gasteiger partial charge in [-0.25, -0.2) is 9.97 Å². The summed E-state index contributed by atoms with van der Waals surface area (Å²) in [7, 11) is -22.4. The predicted octanol–water partition coefficient (Wildman–Crippen LogP) is 9.27. The number of aromatic nitrogens is 3. The van der Waals surface area contributed by atoms with E-state index in [0.717, 1.165) is 52.8 Å². The topological polar surface area (TPSA) is 459 Å². The van der Waals surface area contributed by atoms with Crippen LogP contribution < -0.4 is 9.47 Å². The maximum atomic E-state index is 12.6. The van der Waals surface area contributed by atoms with Crippen molar-refractivity contribution in [1.82, 2.24) is 14.4 Å². The van der Waals surface area contributed by atoms with E-state index in [1.807, 2.05) is 6.07 Å². The standard InChI is InChI=1S/C46H42N10O19S7/c1-22-13-32(52-54-39-24(3)29(20-47)44-48-40-34(56(44)45(39)58)7-8-35(74-4)43(40)82(71,72)73)36(75-9-5-11-78(59,60)61)18-30(22)50-53-33-14-23(2)31(19-37(33)76-10-6-12-79(62,63)64)51-55-46-49-41-38(81(68,69)70)17-27-25(21-57)15-26(80(65,66)67)16-28(27)42(41)77-46/h7-8,13-19,57-58H,5-6,9-12,21H2,1-4H3,(H,59,60,61)(H,62,63,64)(H,65,66,67)(H,68,69,70)(H,71,72,73). The van der Waals surface area contributed by atoms with Crippen LogP contribution in [0.2, 0.25) is 0 Å². The highest BCUT2D eigenvalue weighted by molar-refractivity contribution is 7.99. The molecule has 0 amide bonds. The number of hydrogen-bond acceptors (Lipinski definition) is 25. The molecule has 5 aromatic carbocycles. The summed E-state index contributed by atoms with van der Waals surface area (Å²) in [6.45, 7) is 3.51. The summed E-state index contributed by atoms with van der Waals surface area (Å²) >= 11 is 1.82. The Morgan fingerprint density at radius 2 is 1.33 bits per heavy atom. The van der Waals surface area contributed by atoms with Gasteiger partial charge in [0.1, 0.15) is 44.7 Å². The van der Waals surface area contributed by atoms with Gasteiger partial charge in [0.2, 0.25) is 11.0 Å². The Hall–Kier alpha value is -7.25. The van der Waals surface area contributed by atoms with Gasteiger partial charge in [-0.3, -0.25) is 27.2 Å². The highest BCUT2D eigenvalue weighted by Crippen LogP contribution is 2.45. The Labute approximate surface area is 473 Å². The van der Waals surface area contributed by atoms with Gasteiger partial charge in [0.25, 0.3) is 50.6 Å². The van der Waals surface area contributed by atoms with Crippen LogP contribution in [-0.4, -0.2) is 120 Å². The van der Waals surface area contributed by atoms with Crippen LogP contribution in [0.25, 0.3) is 37.7 Å². The van der Waals surface area contributed by atoms with Crippen molar-refractivity contribution in [3.63, 3.8) is 0 Å². The number of aliphatic hydroxyl groups excluding tert-OH is 1. The number of pyridine rings is 1. The van der Waals surface area contributed by atoms with E-state index in [2.05, 4.69) is 40.7 Å². The van der Waals surface area contributed by atoms with E-state index < -0.39 is 89.3 Å². The smallest absolute Gasteiger partial charge is 0.300 e. The first-order chi connectivity index (χ1) is 38.3. The summed E-state index contributed by atoms with van der Waals surface area (Å²) in [5.41, 5.74) is -0.241. The van der Waals surface area contributed by atoms with Crippen molar-refractivity contribution in [3.8, 4) is 23.4 Å². The third-order valence-corrected chi connectivity index (χ3v) is 18.3. The van der Waals surface area contributed by atoms with Crippen LogP contribution >= 0.6 is 23.1 Å². The lowest BCUT2D eigenvalue weighted by atomic mass is 10.0. The molecule has 0 unspecified atom stereocenters. The molecule has 82 heavy (non-hydrogen) atoms. The molecule has 0 radical (unpaired) electrons. The molecular weight excluding hydrogens is 1220 g/mol. The highest BCUT2D eigenvalue weighted by atomic mass is 32.2. The second kappa shape index (κ2) is 23.2. The molecule has 8 rings (SSSR count). The van der Waals surface area contributed by atoms with Gasteiger partial charge in [-0.2, -0.15) is 52.5 Å². The van der Waals surface area contributed by atoms with Crippen LogP contribution in [0.1, 0.15) is 40.7 Å². The minimum Gasteiger partial charge on any atom is -0.495 e. The molecule has 0 saturated heterocycles. The number of hydrogen-bond donors (Lipinski definition) is 7. The molecule has 8 aromatic rings. The van der Waals surface area contributed by atoms with Crippen LogP contribution in [-0.2, 0) is 57.2 Å². The number of aryl methyl sites for hydroxylation is 2. The molecule has 0 atom stereocenters. The average Bonchev–Trinajstić information content (AvgIpc) is 3.07. The molecule has 0 saturated carbocycles. The van der Waals surface area contributed by atoms with Crippen molar-refractivity contribution in [2.75, 3.05) is 31.0 Å². The molecule has 0 aliphatic heterocycles. The summed E-state index contributed by atoms with van der Waals surface area (Å²) in [4.78, 5) is 6.81. The number of aromatic hydroxyl groups is 1. The van der Waals surface area contributed by atoms with Gasteiger partial charge >= 0.3 is 0 Å². The second-order valence-electron chi connectivity index (χ2n) is 17.6. The maximum absolute atomic E-state index is 12.6. The number of aliphatic hydroxyl groups is 1. The van der Waals surface area contributed by atoms with E-state index in [0.29, 0.717) is 16.0 Å². The maximum Gasteiger partial charge on any atom is 0.300 e. The Balaban J connectivity index is 1.19. The number of ether oxygens (including phenoxy) is 2. The molecule has 3 aromatic heterocycles. The molecule has 0 fully saturated rings. The minimum atomic E-state index is -4.99. The lowest BCUT2D eigenvalue weighted by Gasteiger charge is -2.12. The fourth-order valence-corrected chi connectivity index (χ4v) is 13.3. The van der Waals surface area contributed by atoms with Crippen molar-refractivity contribution in [1.29, 1.82) is 5.26 Å². The predicted molar refractivity (Wildman–Crippen MR) is 296 cm³/mol. The molecule has 0 aliphatic rings. The first kappa shape index (κ1) is 60.8. The first-order valence-electron chi connectivity index (χ1n) is 23.1. The first-order valence-corrected chi connectivity index (χ1v) is 32.4. The number of imidazole rings is 1. The van der Waals surface area contributed by atoms with Gasteiger partial charge in [0, 0.05) is 21.9 Å². The van der Waals surface area contributed by atoms with Crippen molar-refractivity contribution in [2.24, 2.45) is 30.7 Å². The van der Waals surface area contributed by atoms with E-state index in [1.165, 1.54) is 43.3 Å². The van der Waals surface area contributed by atoms with Crippen molar-refractivity contribution < 1.29 is 84.5 Å². The zero-order valence-electron chi connectivity index (χ0n) is 42.5. The quantitative estimate of drug-likeness (QED) is 0.0152. The van der Waals surface area contributed by atoms with E-state index >= 15 is 0 Å². The van der Waals surface area contributed by atoms with Crippen molar-refractivity contribution >= 4 is 145 Å². The lowest BCUT2D eigenvalue weighted by molar-refractivity contribution is 0.283. The summed E-state index contributed by atoms with van der Waals surface area (Å²) in [6.07, 6.45) is -0.240. The van der Waals surface area contributed by atoms with Crippen LogP contribution in [0, 0.1) is 32.1 Å². The monoisotopic (exact) mass is 1260 g/mol. The van der Waals surface area contributed by atoms with Crippen molar-refractivity contribution in [2.45, 2.75) is 59.8 Å². The fourth-order valence-electron chi connectivity index (χ4n) is 8.21. The lowest BCUT2D eigenvalue weighted by Crippen LogP contribution is -2.08. The molecular formula is C46H42N10O19S7.